The van der Waals surface area contributed by atoms with Crippen molar-refractivity contribution in [3.63, 3.8) is 0 Å². The van der Waals surface area contributed by atoms with Crippen LogP contribution in [0.3, 0.4) is 0 Å². The third kappa shape index (κ3) is 4.64. The van der Waals surface area contributed by atoms with Crippen molar-refractivity contribution < 1.29 is 22.7 Å². The molecule has 0 bridgehead atoms. The van der Waals surface area contributed by atoms with Crippen LogP contribution < -0.4 is 15.0 Å². The van der Waals surface area contributed by atoms with Crippen LogP contribution in [0.1, 0.15) is 47.7 Å². The Morgan fingerprint density at radius 3 is 2.78 bits per heavy atom. The lowest BCUT2D eigenvalue weighted by molar-refractivity contribution is -0.140. The molecule has 4 aromatic rings. The fourth-order valence-electron chi connectivity index (χ4n) is 5.57. The molecule has 0 radical (unpaired) electrons. The van der Waals surface area contributed by atoms with Gasteiger partial charge in [0.05, 0.1) is 25.5 Å². The molecule has 0 atom stereocenters. The quantitative estimate of drug-likeness (QED) is 0.376. The van der Waals surface area contributed by atoms with Crippen molar-refractivity contribution in [3.8, 4) is 28.7 Å². The van der Waals surface area contributed by atoms with Gasteiger partial charge in [0.15, 0.2) is 17.3 Å². The first-order valence-electron chi connectivity index (χ1n) is 13.4. The van der Waals surface area contributed by atoms with E-state index in [2.05, 4.69) is 25.3 Å². The molecule has 1 fully saturated rings. The number of halogens is 3. The summed E-state index contributed by atoms with van der Waals surface area (Å²) in [6, 6.07) is 5.67. The fourth-order valence-corrected chi connectivity index (χ4v) is 5.57. The number of amides is 1. The number of methoxy groups -OCH3 is 1. The molecule has 3 aromatic heterocycles. The lowest BCUT2D eigenvalue weighted by atomic mass is 10.00. The molecule has 7 rings (SSSR count). The molecule has 1 aromatic carbocycles. The van der Waals surface area contributed by atoms with Crippen LogP contribution in [0.25, 0.3) is 22.8 Å². The number of nitrogens with one attached hydrogen (secondary N) is 1. The number of alkyl halides is 3. The number of carbonyl (C=O) groups excluding carboxylic acids is 1. The molecule has 1 N–H and O–H groups in total. The fraction of sp³-hybridized carbons (Fsp3) is 0.357. The molecule has 3 aliphatic rings. The summed E-state index contributed by atoms with van der Waals surface area (Å²) in [6.07, 6.45) is 3.09. The standard InChI is InChI=1S/C28H25F3N8O2/c1-41-27-22(23(16-5-6-16)33-14-34-27)24-32-10-19-26(37-24)39(13-21(40)35-19)11-15-4-7-18-17(9-15)3-2-8-38-12-20(28(29,30)31)36-25(18)38/h4,7,9-10,12,14,16H,2-3,5-6,8,11,13H2,1H3,(H,35,40). The van der Waals surface area contributed by atoms with Gasteiger partial charge in [0.2, 0.25) is 11.8 Å². The molecule has 0 unspecified atom stereocenters. The van der Waals surface area contributed by atoms with Gasteiger partial charge in [0.1, 0.15) is 23.4 Å². The van der Waals surface area contributed by atoms with Crippen LogP contribution in [-0.4, -0.2) is 49.0 Å². The second kappa shape index (κ2) is 9.53. The van der Waals surface area contributed by atoms with E-state index in [4.69, 9.17) is 9.72 Å². The Morgan fingerprint density at radius 2 is 2.00 bits per heavy atom. The Bertz CT molecular complexity index is 1680. The number of aryl methyl sites for hydroxylation is 2. The average Bonchev–Trinajstić information content (AvgIpc) is 3.73. The van der Waals surface area contributed by atoms with Gasteiger partial charge in [-0.2, -0.15) is 13.2 Å². The minimum Gasteiger partial charge on any atom is -0.480 e. The van der Waals surface area contributed by atoms with Crippen molar-refractivity contribution in [3.05, 3.63) is 59.4 Å². The van der Waals surface area contributed by atoms with Crippen molar-refractivity contribution in [2.24, 2.45) is 0 Å². The number of imidazole rings is 1. The van der Waals surface area contributed by atoms with Gasteiger partial charge < -0.3 is 19.5 Å². The molecule has 210 valence electrons. The van der Waals surface area contributed by atoms with Crippen molar-refractivity contribution in [1.29, 1.82) is 0 Å². The van der Waals surface area contributed by atoms with E-state index in [1.54, 1.807) is 17.9 Å². The Kier molecular flexibility index (Phi) is 5.91. The number of rotatable bonds is 5. The Labute approximate surface area is 232 Å². The molecule has 1 saturated carbocycles. The molecule has 0 saturated heterocycles. The van der Waals surface area contributed by atoms with E-state index >= 15 is 0 Å². The summed E-state index contributed by atoms with van der Waals surface area (Å²) in [5.74, 6) is 1.80. The topological polar surface area (TPSA) is 111 Å². The zero-order valence-electron chi connectivity index (χ0n) is 22.1. The summed E-state index contributed by atoms with van der Waals surface area (Å²) in [4.78, 5) is 36.5. The molecule has 0 spiro atoms. The number of nitrogens with zero attached hydrogens (tertiary/aromatic N) is 7. The lowest BCUT2D eigenvalue weighted by Gasteiger charge is -2.30. The van der Waals surface area contributed by atoms with Gasteiger partial charge in [0.25, 0.3) is 0 Å². The van der Waals surface area contributed by atoms with E-state index < -0.39 is 11.9 Å². The molecule has 13 heteroatoms. The van der Waals surface area contributed by atoms with Crippen molar-refractivity contribution in [1.82, 2.24) is 29.5 Å². The first kappa shape index (κ1) is 25.4. The summed E-state index contributed by atoms with van der Waals surface area (Å²) >= 11 is 0. The van der Waals surface area contributed by atoms with Gasteiger partial charge in [-0.3, -0.25) is 4.79 Å². The highest BCUT2D eigenvalue weighted by molar-refractivity contribution is 6.00. The zero-order chi connectivity index (χ0) is 28.3. The van der Waals surface area contributed by atoms with Gasteiger partial charge in [-0.25, -0.2) is 24.9 Å². The average molecular weight is 563 g/mol. The number of fused-ring (bicyclic) bond motifs is 4. The smallest absolute Gasteiger partial charge is 0.434 e. The maximum Gasteiger partial charge on any atom is 0.434 e. The molecule has 1 amide bonds. The van der Waals surface area contributed by atoms with Crippen LogP contribution in [0.5, 0.6) is 5.88 Å². The van der Waals surface area contributed by atoms with E-state index in [9.17, 15) is 18.0 Å². The second-order valence-electron chi connectivity index (χ2n) is 10.5. The molecule has 5 heterocycles. The number of ether oxygens (including phenoxy) is 1. The number of carbonyl (C=O) groups is 1. The van der Waals surface area contributed by atoms with Gasteiger partial charge in [0, 0.05) is 30.8 Å². The van der Waals surface area contributed by atoms with Crippen LogP contribution in [0.2, 0.25) is 0 Å². The Hall–Kier alpha value is -4.55. The van der Waals surface area contributed by atoms with E-state index in [1.807, 2.05) is 23.1 Å². The number of anilines is 2. The third-order valence-electron chi connectivity index (χ3n) is 7.60. The first-order valence-corrected chi connectivity index (χ1v) is 13.4. The maximum absolute atomic E-state index is 13.3. The minimum absolute atomic E-state index is 0.0811. The number of hydrogen-bond donors (Lipinski definition) is 1. The van der Waals surface area contributed by atoms with E-state index in [0.717, 1.165) is 35.9 Å². The van der Waals surface area contributed by atoms with E-state index in [1.165, 1.54) is 6.33 Å². The Morgan fingerprint density at radius 1 is 1.15 bits per heavy atom. The normalized spacial score (nSPS) is 16.4. The molecule has 1 aliphatic carbocycles. The summed E-state index contributed by atoms with van der Waals surface area (Å²) < 4.78 is 47.1. The van der Waals surface area contributed by atoms with Gasteiger partial charge in [-0.1, -0.05) is 18.2 Å². The van der Waals surface area contributed by atoms with Crippen molar-refractivity contribution in [2.75, 3.05) is 23.9 Å². The first-order chi connectivity index (χ1) is 19.8. The van der Waals surface area contributed by atoms with Gasteiger partial charge in [-0.05, 0) is 36.8 Å². The van der Waals surface area contributed by atoms with Crippen LogP contribution in [0.15, 0.2) is 36.9 Å². The summed E-state index contributed by atoms with van der Waals surface area (Å²) in [6.45, 7) is 0.902. The monoisotopic (exact) mass is 562 g/mol. The highest BCUT2D eigenvalue weighted by atomic mass is 19.4. The van der Waals surface area contributed by atoms with E-state index in [0.29, 0.717) is 72.0 Å². The van der Waals surface area contributed by atoms with Crippen LogP contribution in [0, 0.1) is 0 Å². The predicted octanol–water partition coefficient (Wildman–Crippen LogP) is 4.61. The van der Waals surface area contributed by atoms with E-state index in [-0.39, 0.29) is 12.5 Å². The number of hydrogen-bond acceptors (Lipinski definition) is 8. The predicted molar refractivity (Wildman–Crippen MR) is 142 cm³/mol. The SMILES string of the molecule is COc1ncnc(C2CC2)c1-c1ncc2c(n1)N(Cc1ccc3c(c1)CCCn1cc(C(F)(F)F)nc1-3)CC(=O)N2. The molecular formula is C28H25F3N8O2. The summed E-state index contributed by atoms with van der Waals surface area (Å²) in [7, 11) is 1.54. The third-order valence-corrected chi connectivity index (χ3v) is 7.60. The minimum atomic E-state index is -4.50. The number of aromatic nitrogens is 6. The van der Waals surface area contributed by atoms with Crippen LogP contribution in [-0.2, 0) is 30.5 Å². The Balaban J connectivity index is 1.23. The maximum atomic E-state index is 13.3. The molecule has 41 heavy (non-hydrogen) atoms. The number of benzene rings is 1. The van der Waals surface area contributed by atoms with Crippen molar-refractivity contribution in [2.45, 2.75) is 50.9 Å². The molecule has 2 aliphatic heterocycles. The highest BCUT2D eigenvalue weighted by Crippen LogP contribution is 2.45. The largest absolute Gasteiger partial charge is 0.480 e. The van der Waals surface area contributed by atoms with Crippen molar-refractivity contribution >= 4 is 17.4 Å². The highest BCUT2D eigenvalue weighted by Gasteiger charge is 2.36. The molecular weight excluding hydrogens is 537 g/mol. The van der Waals surface area contributed by atoms with Crippen LogP contribution >= 0.6 is 0 Å². The zero-order valence-corrected chi connectivity index (χ0v) is 22.1. The summed E-state index contributed by atoms with van der Waals surface area (Å²) in [5.41, 5.74) is 3.61. The summed E-state index contributed by atoms with van der Waals surface area (Å²) in [5, 5.41) is 2.85. The molecule has 10 nitrogen and oxygen atoms in total. The second-order valence-corrected chi connectivity index (χ2v) is 10.5. The lowest BCUT2D eigenvalue weighted by Crippen LogP contribution is -2.38. The van der Waals surface area contributed by atoms with Gasteiger partial charge in [-0.15, -0.1) is 0 Å². The van der Waals surface area contributed by atoms with Gasteiger partial charge >= 0.3 is 6.18 Å². The van der Waals surface area contributed by atoms with Crippen LogP contribution in [0.4, 0.5) is 24.7 Å².